The standard InChI is InChI=1S/C14H19N5O3S/c1-18-9-11(14(17-18)10-5-4-6-10)23(20,21)19(2)12-7-15-8-13(16-12)22-3/h7-10H,4-6H2,1-3H3. The van der Waals surface area contributed by atoms with Gasteiger partial charge in [0.15, 0.2) is 5.82 Å². The first-order chi connectivity index (χ1) is 10.9. The molecular weight excluding hydrogens is 318 g/mol. The largest absolute Gasteiger partial charge is 0.480 e. The smallest absolute Gasteiger partial charge is 0.268 e. The van der Waals surface area contributed by atoms with E-state index in [1.54, 1.807) is 17.9 Å². The first-order valence-corrected chi connectivity index (χ1v) is 8.76. The topological polar surface area (TPSA) is 90.2 Å². The molecule has 9 heteroatoms. The highest BCUT2D eigenvalue weighted by atomic mass is 32.2. The second kappa shape index (κ2) is 5.80. The second-order valence-corrected chi connectivity index (χ2v) is 7.51. The van der Waals surface area contributed by atoms with E-state index in [-0.39, 0.29) is 22.5 Å². The molecule has 2 aromatic rings. The average molecular weight is 337 g/mol. The summed E-state index contributed by atoms with van der Waals surface area (Å²) >= 11 is 0. The van der Waals surface area contributed by atoms with Crippen molar-refractivity contribution in [2.75, 3.05) is 18.5 Å². The molecule has 0 aromatic carbocycles. The summed E-state index contributed by atoms with van der Waals surface area (Å²) in [6.07, 6.45) is 7.42. The van der Waals surface area contributed by atoms with Crippen LogP contribution in [0.1, 0.15) is 30.9 Å². The van der Waals surface area contributed by atoms with Crippen LogP contribution in [0.5, 0.6) is 5.88 Å². The fourth-order valence-electron chi connectivity index (χ4n) is 2.51. The van der Waals surface area contributed by atoms with Gasteiger partial charge in [-0.3, -0.25) is 14.0 Å². The lowest BCUT2D eigenvalue weighted by atomic mass is 9.83. The van der Waals surface area contributed by atoms with Crippen LogP contribution in [0.15, 0.2) is 23.5 Å². The van der Waals surface area contributed by atoms with Crippen molar-refractivity contribution in [3.8, 4) is 5.88 Å². The van der Waals surface area contributed by atoms with Crippen LogP contribution < -0.4 is 9.04 Å². The van der Waals surface area contributed by atoms with Gasteiger partial charge in [0.1, 0.15) is 4.90 Å². The van der Waals surface area contributed by atoms with Crippen molar-refractivity contribution < 1.29 is 13.2 Å². The molecular formula is C14H19N5O3S. The van der Waals surface area contributed by atoms with Gasteiger partial charge in [-0.15, -0.1) is 0 Å². The fourth-order valence-corrected chi connectivity index (χ4v) is 3.89. The number of rotatable bonds is 5. The Hall–Kier alpha value is -2.16. The maximum Gasteiger partial charge on any atom is 0.268 e. The molecule has 8 nitrogen and oxygen atoms in total. The maximum atomic E-state index is 13.0. The quantitative estimate of drug-likeness (QED) is 0.817. The number of ether oxygens (including phenoxy) is 1. The number of nitrogens with zero attached hydrogens (tertiary/aromatic N) is 5. The maximum absolute atomic E-state index is 13.0. The number of anilines is 1. The van der Waals surface area contributed by atoms with E-state index in [9.17, 15) is 8.42 Å². The molecule has 0 radical (unpaired) electrons. The van der Waals surface area contributed by atoms with Crippen molar-refractivity contribution in [2.24, 2.45) is 7.05 Å². The molecule has 0 aliphatic heterocycles. The number of sulfonamides is 1. The third kappa shape index (κ3) is 2.76. The van der Waals surface area contributed by atoms with Gasteiger partial charge in [0.05, 0.1) is 25.2 Å². The number of methoxy groups -OCH3 is 1. The summed E-state index contributed by atoms with van der Waals surface area (Å²) in [5.74, 6) is 0.675. The Labute approximate surface area is 135 Å². The van der Waals surface area contributed by atoms with Crippen molar-refractivity contribution in [3.63, 3.8) is 0 Å². The molecule has 3 rings (SSSR count). The van der Waals surface area contributed by atoms with Gasteiger partial charge in [0.2, 0.25) is 5.88 Å². The first kappa shape index (κ1) is 15.7. The Morgan fingerprint density at radius 3 is 2.70 bits per heavy atom. The van der Waals surface area contributed by atoms with Crippen molar-refractivity contribution in [1.29, 1.82) is 0 Å². The van der Waals surface area contributed by atoms with Gasteiger partial charge in [-0.1, -0.05) is 6.42 Å². The fraction of sp³-hybridized carbons (Fsp3) is 0.500. The summed E-state index contributed by atoms with van der Waals surface area (Å²) in [4.78, 5) is 8.33. The van der Waals surface area contributed by atoms with Gasteiger partial charge in [-0.05, 0) is 12.8 Å². The van der Waals surface area contributed by atoms with E-state index >= 15 is 0 Å². The highest BCUT2D eigenvalue weighted by molar-refractivity contribution is 7.92. The number of hydrogen-bond donors (Lipinski definition) is 0. The van der Waals surface area contributed by atoms with Gasteiger partial charge >= 0.3 is 0 Å². The minimum absolute atomic E-state index is 0.202. The Balaban J connectivity index is 2.00. The van der Waals surface area contributed by atoms with Crippen molar-refractivity contribution in [1.82, 2.24) is 19.7 Å². The minimum atomic E-state index is -3.76. The van der Waals surface area contributed by atoms with Gasteiger partial charge in [0.25, 0.3) is 10.0 Å². The molecule has 1 aliphatic rings. The number of hydrogen-bond acceptors (Lipinski definition) is 6. The van der Waals surface area contributed by atoms with Crippen LogP contribution in [0.25, 0.3) is 0 Å². The molecule has 0 saturated heterocycles. The molecule has 0 atom stereocenters. The summed E-state index contributed by atoms with van der Waals surface area (Å²) < 4.78 is 33.6. The van der Waals surface area contributed by atoms with E-state index in [0.717, 1.165) is 23.6 Å². The zero-order valence-corrected chi connectivity index (χ0v) is 14.1. The molecule has 0 bridgehead atoms. The molecule has 0 N–H and O–H groups in total. The predicted octanol–water partition coefficient (Wildman–Crippen LogP) is 1.31. The number of aromatic nitrogens is 4. The first-order valence-electron chi connectivity index (χ1n) is 7.32. The van der Waals surface area contributed by atoms with Gasteiger partial charge in [0, 0.05) is 26.2 Å². The van der Waals surface area contributed by atoms with Crippen molar-refractivity contribution in [3.05, 3.63) is 24.3 Å². The normalized spacial score (nSPS) is 15.3. The van der Waals surface area contributed by atoms with Gasteiger partial charge < -0.3 is 4.74 Å². The van der Waals surface area contributed by atoms with Crippen LogP contribution in [0.3, 0.4) is 0 Å². The molecule has 2 aromatic heterocycles. The van der Waals surface area contributed by atoms with E-state index in [2.05, 4.69) is 15.1 Å². The minimum Gasteiger partial charge on any atom is -0.480 e. The van der Waals surface area contributed by atoms with Gasteiger partial charge in [-0.2, -0.15) is 10.1 Å². The monoisotopic (exact) mass is 337 g/mol. The Morgan fingerprint density at radius 2 is 2.09 bits per heavy atom. The summed E-state index contributed by atoms with van der Waals surface area (Å²) in [6.45, 7) is 0. The summed E-state index contributed by atoms with van der Waals surface area (Å²) in [5, 5.41) is 4.36. The van der Waals surface area contributed by atoms with E-state index in [4.69, 9.17) is 4.74 Å². The Kier molecular flexibility index (Phi) is 3.97. The molecule has 1 saturated carbocycles. The number of aryl methyl sites for hydroxylation is 1. The molecule has 2 heterocycles. The molecule has 0 unspecified atom stereocenters. The molecule has 1 aliphatic carbocycles. The van der Waals surface area contributed by atoms with E-state index in [1.165, 1.54) is 26.6 Å². The van der Waals surface area contributed by atoms with Crippen LogP contribution in [-0.4, -0.2) is 42.3 Å². The Morgan fingerprint density at radius 1 is 1.35 bits per heavy atom. The Bertz CT molecular complexity index is 814. The summed E-state index contributed by atoms with van der Waals surface area (Å²) in [6, 6.07) is 0. The lowest BCUT2D eigenvalue weighted by molar-refractivity contribution is 0.396. The van der Waals surface area contributed by atoms with Gasteiger partial charge in [-0.25, -0.2) is 8.42 Å². The molecule has 1 fully saturated rings. The van der Waals surface area contributed by atoms with Crippen LogP contribution in [-0.2, 0) is 17.1 Å². The SMILES string of the molecule is COc1cncc(N(C)S(=O)(=O)c2cn(C)nc2C2CCC2)n1. The zero-order valence-electron chi connectivity index (χ0n) is 13.3. The third-order valence-corrected chi connectivity index (χ3v) is 5.86. The van der Waals surface area contributed by atoms with E-state index in [1.807, 2.05) is 0 Å². The highest BCUT2D eigenvalue weighted by Crippen LogP contribution is 2.39. The highest BCUT2D eigenvalue weighted by Gasteiger charge is 2.33. The van der Waals surface area contributed by atoms with Crippen molar-refractivity contribution >= 4 is 15.8 Å². The molecule has 0 spiro atoms. The van der Waals surface area contributed by atoms with E-state index in [0.29, 0.717) is 5.69 Å². The zero-order chi connectivity index (χ0) is 16.6. The van der Waals surface area contributed by atoms with Crippen LogP contribution in [0.2, 0.25) is 0 Å². The predicted molar refractivity (Wildman–Crippen MR) is 84.0 cm³/mol. The molecule has 0 amide bonds. The van der Waals surface area contributed by atoms with Crippen LogP contribution in [0, 0.1) is 0 Å². The summed E-state index contributed by atoms with van der Waals surface area (Å²) in [5.41, 5.74) is 0.640. The van der Waals surface area contributed by atoms with E-state index < -0.39 is 10.0 Å². The lowest BCUT2D eigenvalue weighted by Gasteiger charge is -2.25. The van der Waals surface area contributed by atoms with Crippen LogP contribution >= 0.6 is 0 Å². The van der Waals surface area contributed by atoms with Crippen molar-refractivity contribution in [2.45, 2.75) is 30.1 Å². The molecule has 23 heavy (non-hydrogen) atoms. The lowest BCUT2D eigenvalue weighted by Crippen LogP contribution is -2.29. The average Bonchev–Trinajstić information content (AvgIpc) is 2.87. The van der Waals surface area contributed by atoms with Crippen LogP contribution in [0.4, 0.5) is 5.82 Å². The second-order valence-electron chi connectivity index (χ2n) is 5.57. The summed E-state index contributed by atoms with van der Waals surface area (Å²) in [7, 11) is 0.884. The third-order valence-electron chi connectivity index (χ3n) is 4.08. The molecule has 124 valence electrons.